The number of hydrogen-bond acceptors (Lipinski definition) is 6. The molecule has 0 saturated carbocycles. The van der Waals surface area contributed by atoms with Crippen LogP contribution in [0.5, 0.6) is 11.6 Å². The third-order valence-corrected chi connectivity index (χ3v) is 5.12. The second-order valence-corrected chi connectivity index (χ2v) is 7.49. The Morgan fingerprint density at radius 1 is 1.09 bits per heavy atom. The van der Waals surface area contributed by atoms with E-state index in [9.17, 15) is 4.79 Å². The first-order valence-electron chi connectivity index (χ1n) is 10.2. The average molecular weight is 451 g/mol. The molecule has 1 fully saturated rings. The highest BCUT2D eigenvalue weighted by atomic mass is 35.5. The first kappa shape index (κ1) is 21.7. The molecule has 1 aromatic heterocycles. The number of pyridine rings is 1. The highest BCUT2D eigenvalue weighted by Crippen LogP contribution is 2.31. The molecular weight excluding hydrogens is 428 g/mol. The van der Waals surface area contributed by atoms with Gasteiger partial charge in [-0.1, -0.05) is 24.2 Å². The number of nitrogens with zero attached hydrogens (tertiary/aromatic N) is 2. The number of carbonyl (C=O) groups excluding carboxylic acids is 1. The number of hydrogen-bond donors (Lipinski definition) is 2. The average Bonchev–Trinajstić information content (AvgIpc) is 2.82. The summed E-state index contributed by atoms with van der Waals surface area (Å²) >= 11 is 6.29. The fraction of sp³-hybridized carbons (Fsp3) is 0.167. The third-order valence-electron chi connectivity index (χ3n) is 4.83. The zero-order chi connectivity index (χ0) is 22.3. The summed E-state index contributed by atoms with van der Waals surface area (Å²) in [6, 6.07) is 18.6. The minimum atomic E-state index is -0.302. The summed E-state index contributed by atoms with van der Waals surface area (Å²) in [6.07, 6.45) is 1.20. The summed E-state index contributed by atoms with van der Waals surface area (Å²) in [7, 11) is 0. The Hall–Kier alpha value is -3.55. The molecule has 1 saturated heterocycles. The van der Waals surface area contributed by atoms with E-state index in [0.717, 1.165) is 37.7 Å². The molecule has 2 N–H and O–H groups in total. The van der Waals surface area contributed by atoms with Gasteiger partial charge in [-0.05, 0) is 54.6 Å². The van der Waals surface area contributed by atoms with E-state index in [1.807, 2.05) is 12.1 Å². The van der Waals surface area contributed by atoms with Crippen molar-refractivity contribution in [3.8, 4) is 11.6 Å². The lowest BCUT2D eigenvalue weighted by atomic mass is 10.2. The maximum atomic E-state index is 11.5. The van der Waals surface area contributed by atoms with Gasteiger partial charge in [-0.25, -0.2) is 0 Å². The highest BCUT2D eigenvalue weighted by molar-refractivity contribution is 6.31. The molecule has 3 aromatic rings. The van der Waals surface area contributed by atoms with E-state index >= 15 is 0 Å². The number of nitrogens with one attached hydrogen (secondary N) is 2. The SMILES string of the molecule is C=CC(=O)Nc1cccc(Oc2nc(Nc3ccc(N4CCOCC4)cc3)ccc2Cl)c1. The topological polar surface area (TPSA) is 75.7 Å². The van der Waals surface area contributed by atoms with Gasteiger partial charge in [-0.15, -0.1) is 0 Å². The fourth-order valence-corrected chi connectivity index (χ4v) is 3.38. The van der Waals surface area contributed by atoms with Gasteiger partial charge in [0.1, 0.15) is 16.6 Å². The number of rotatable bonds is 7. The first-order chi connectivity index (χ1) is 15.6. The number of anilines is 4. The van der Waals surface area contributed by atoms with Gasteiger partial charge in [0.05, 0.1) is 13.2 Å². The van der Waals surface area contributed by atoms with Crippen LogP contribution in [-0.4, -0.2) is 37.2 Å². The molecule has 0 aliphatic carbocycles. The summed E-state index contributed by atoms with van der Waals surface area (Å²) < 4.78 is 11.3. The third kappa shape index (κ3) is 5.57. The maximum absolute atomic E-state index is 11.5. The van der Waals surface area contributed by atoms with Gasteiger partial charge in [-0.3, -0.25) is 4.79 Å². The van der Waals surface area contributed by atoms with Crippen molar-refractivity contribution in [1.82, 2.24) is 4.98 Å². The molecule has 0 radical (unpaired) electrons. The van der Waals surface area contributed by atoms with E-state index in [-0.39, 0.29) is 11.8 Å². The van der Waals surface area contributed by atoms with Crippen LogP contribution in [0.3, 0.4) is 0 Å². The van der Waals surface area contributed by atoms with Gasteiger partial charge >= 0.3 is 0 Å². The number of aromatic nitrogens is 1. The predicted molar refractivity (Wildman–Crippen MR) is 127 cm³/mol. The van der Waals surface area contributed by atoms with Gasteiger partial charge in [0, 0.05) is 36.2 Å². The van der Waals surface area contributed by atoms with Crippen LogP contribution in [-0.2, 0) is 9.53 Å². The van der Waals surface area contributed by atoms with Gasteiger partial charge in [0.15, 0.2) is 0 Å². The molecule has 32 heavy (non-hydrogen) atoms. The normalized spacial score (nSPS) is 13.3. The second kappa shape index (κ2) is 10.2. The van der Waals surface area contributed by atoms with Crippen molar-refractivity contribution in [1.29, 1.82) is 0 Å². The lowest BCUT2D eigenvalue weighted by molar-refractivity contribution is -0.111. The van der Waals surface area contributed by atoms with E-state index < -0.39 is 0 Å². The van der Waals surface area contributed by atoms with Crippen molar-refractivity contribution in [3.05, 3.63) is 78.3 Å². The van der Waals surface area contributed by atoms with Crippen LogP contribution >= 0.6 is 11.6 Å². The van der Waals surface area contributed by atoms with Gasteiger partial charge in [0.2, 0.25) is 11.8 Å². The Labute approximate surface area is 191 Å². The number of carbonyl (C=O) groups is 1. The maximum Gasteiger partial charge on any atom is 0.247 e. The van der Waals surface area contributed by atoms with Crippen molar-refractivity contribution in [2.45, 2.75) is 0 Å². The number of morpholine rings is 1. The number of ether oxygens (including phenoxy) is 2. The fourth-order valence-electron chi connectivity index (χ4n) is 3.23. The molecule has 164 valence electrons. The molecule has 7 nitrogen and oxygen atoms in total. The second-order valence-electron chi connectivity index (χ2n) is 7.08. The summed E-state index contributed by atoms with van der Waals surface area (Å²) in [5.41, 5.74) is 2.64. The van der Waals surface area contributed by atoms with E-state index in [4.69, 9.17) is 21.1 Å². The molecule has 0 spiro atoms. The number of benzene rings is 2. The molecular formula is C24H23ClN4O3. The zero-order valence-corrected chi connectivity index (χ0v) is 18.1. The van der Waals surface area contributed by atoms with Crippen molar-refractivity contribution < 1.29 is 14.3 Å². The molecule has 8 heteroatoms. The smallest absolute Gasteiger partial charge is 0.247 e. The summed E-state index contributed by atoms with van der Waals surface area (Å²) in [5, 5.41) is 6.34. The number of halogens is 1. The highest BCUT2D eigenvalue weighted by Gasteiger charge is 2.12. The first-order valence-corrected chi connectivity index (χ1v) is 10.6. The van der Waals surface area contributed by atoms with Crippen LogP contribution in [0.2, 0.25) is 5.02 Å². The Bertz CT molecular complexity index is 1100. The van der Waals surface area contributed by atoms with E-state index in [1.165, 1.54) is 6.08 Å². The van der Waals surface area contributed by atoms with Crippen molar-refractivity contribution in [2.24, 2.45) is 0 Å². The minimum Gasteiger partial charge on any atom is -0.437 e. The Morgan fingerprint density at radius 2 is 1.88 bits per heavy atom. The van der Waals surface area contributed by atoms with E-state index in [1.54, 1.807) is 36.4 Å². The van der Waals surface area contributed by atoms with Gasteiger partial charge in [-0.2, -0.15) is 4.98 Å². The molecule has 1 amide bonds. The molecule has 0 atom stereocenters. The standard InChI is InChI=1S/C24H23ClN4O3/c1-2-23(30)27-18-4-3-5-20(16-18)32-24-21(25)10-11-22(28-24)26-17-6-8-19(9-7-17)29-12-14-31-15-13-29/h2-11,16H,1,12-15H2,(H,26,28)(H,27,30). The van der Waals surface area contributed by atoms with Gasteiger partial charge < -0.3 is 25.0 Å². The lowest BCUT2D eigenvalue weighted by Crippen LogP contribution is -2.36. The quantitative estimate of drug-likeness (QED) is 0.480. The van der Waals surface area contributed by atoms with Crippen LogP contribution in [0, 0.1) is 0 Å². The summed E-state index contributed by atoms with van der Waals surface area (Å²) in [5.74, 6) is 1.05. The molecule has 4 rings (SSSR count). The van der Waals surface area contributed by atoms with Crippen molar-refractivity contribution >= 4 is 40.4 Å². The molecule has 1 aliphatic rings. The van der Waals surface area contributed by atoms with Crippen LogP contribution in [0.25, 0.3) is 0 Å². The van der Waals surface area contributed by atoms with Crippen LogP contribution in [0.1, 0.15) is 0 Å². The van der Waals surface area contributed by atoms with Crippen LogP contribution in [0.4, 0.5) is 22.9 Å². The van der Waals surface area contributed by atoms with Crippen LogP contribution < -0.4 is 20.3 Å². The Morgan fingerprint density at radius 3 is 2.62 bits per heavy atom. The summed E-state index contributed by atoms with van der Waals surface area (Å²) in [4.78, 5) is 18.3. The van der Waals surface area contributed by atoms with E-state index in [0.29, 0.717) is 22.3 Å². The Kier molecular flexibility index (Phi) is 6.89. The molecule has 1 aliphatic heterocycles. The van der Waals surface area contributed by atoms with Crippen molar-refractivity contribution in [3.63, 3.8) is 0 Å². The van der Waals surface area contributed by atoms with Crippen molar-refractivity contribution in [2.75, 3.05) is 41.8 Å². The molecule has 2 heterocycles. The minimum absolute atomic E-state index is 0.258. The predicted octanol–water partition coefficient (Wildman–Crippen LogP) is 5.23. The lowest BCUT2D eigenvalue weighted by Gasteiger charge is -2.28. The molecule has 0 unspecified atom stereocenters. The monoisotopic (exact) mass is 450 g/mol. The zero-order valence-electron chi connectivity index (χ0n) is 17.4. The van der Waals surface area contributed by atoms with Gasteiger partial charge in [0.25, 0.3) is 0 Å². The molecule has 2 aromatic carbocycles. The summed E-state index contributed by atoms with van der Waals surface area (Å²) in [6.45, 7) is 6.74. The molecule has 0 bridgehead atoms. The number of amides is 1. The van der Waals surface area contributed by atoms with Crippen LogP contribution in [0.15, 0.2) is 73.3 Å². The van der Waals surface area contributed by atoms with E-state index in [2.05, 4.69) is 39.2 Å². The Balaban J connectivity index is 1.45. The largest absolute Gasteiger partial charge is 0.437 e.